The summed E-state index contributed by atoms with van der Waals surface area (Å²) >= 11 is 0. The standard InChI is InChI=1S/C53H44O5P2/c1-51(2)54-49-50(55-51)53(42-28-13-5-14-29-42,43-30-15-6-16-31-43)58-60(57-52(49,40-24-9-3-10-25-40)41-26-11-4-12-27-41)56-48-46-36-22-21-23-39(46)37-38-47(48)59(44-32-17-7-18-33-44)45-34-19-8-20-35-45/h3-38,49-50H,1-2H3/t49-,50-/m1/s1. The summed E-state index contributed by atoms with van der Waals surface area (Å²) in [6.07, 6.45) is -1.43. The van der Waals surface area contributed by atoms with Crippen LogP contribution < -0.4 is 20.4 Å². The van der Waals surface area contributed by atoms with Crippen molar-refractivity contribution < 1.29 is 23.0 Å². The molecule has 0 aromatic heterocycles. The first kappa shape index (κ1) is 38.7. The lowest BCUT2D eigenvalue weighted by Gasteiger charge is -2.41. The van der Waals surface area contributed by atoms with E-state index in [1.54, 1.807) is 0 Å². The maximum atomic E-state index is 7.80. The van der Waals surface area contributed by atoms with Crippen LogP contribution in [0.2, 0.25) is 0 Å². The molecule has 2 aliphatic rings. The number of benzene rings is 8. The Morgan fingerprint density at radius 2 is 0.800 bits per heavy atom. The van der Waals surface area contributed by atoms with Gasteiger partial charge in [-0.25, -0.2) is 0 Å². The fourth-order valence-electron chi connectivity index (χ4n) is 8.85. The molecule has 0 aliphatic carbocycles. The van der Waals surface area contributed by atoms with Crippen molar-refractivity contribution in [1.82, 2.24) is 0 Å². The van der Waals surface area contributed by atoms with Crippen LogP contribution in [0.4, 0.5) is 0 Å². The third-order valence-corrected chi connectivity index (χ3v) is 15.1. The fraction of sp³-hybridized carbons (Fsp3) is 0.132. The molecule has 7 heteroatoms. The van der Waals surface area contributed by atoms with Crippen LogP contribution in [0, 0.1) is 0 Å². The van der Waals surface area contributed by atoms with Gasteiger partial charge in [-0.1, -0.05) is 212 Å². The zero-order valence-corrected chi connectivity index (χ0v) is 35.2. The van der Waals surface area contributed by atoms with Crippen LogP contribution in [0.5, 0.6) is 5.75 Å². The summed E-state index contributed by atoms with van der Waals surface area (Å²) in [5.74, 6) is -0.284. The van der Waals surface area contributed by atoms with Crippen LogP contribution in [0.15, 0.2) is 218 Å². The van der Waals surface area contributed by atoms with E-state index >= 15 is 0 Å². The number of hydrogen-bond donors (Lipinski definition) is 0. The average Bonchev–Trinajstić information content (AvgIpc) is 3.59. The van der Waals surface area contributed by atoms with Crippen LogP contribution >= 0.6 is 16.5 Å². The first-order valence-electron chi connectivity index (χ1n) is 20.3. The van der Waals surface area contributed by atoms with Crippen molar-refractivity contribution in [2.24, 2.45) is 0 Å². The molecule has 0 radical (unpaired) electrons. The number of ether oxygens (including phenoxy) is 2. The maximum absolute atomic E-state index is 7.80. The average molecular weight is 823 g/mol. The van der Waals surface area contributed by atoms with Gasteiger partial charge < -0.3 is 14.0 Å². The van der Waals surface area contributed by atoms with Crippen molar-refractivity contribution >= 4 is 43.2 Å². The van der Waals surface area contributed by atoms with Crippen LogP contribution in [0.1, 0.15) is 36.1 Å². The second kappa shape index (κ2) is 16.2. The van der Waals surface area contributed by atoms with Gasteiger partial charge in [0.2, 0.25) is 0 Å². The zero-order chi connectivity index (χ0) is 40.6. The van der Waals surface area contributed by atoms with Crippen LogP contribution in [-0.2, 0) is 29.7 Å². The highest BCUT2D eigenvalue weighted by atomic mass is 31.2. The van der Waals surface area contributed by atoms with Gasteiger partial charge >= 0.3 is 8.60 Å². The summed E-state index contributed by atoms with van der Waals surface area (Å²) in [7, 11) is -3.40. The molecular weight excluding hydrogens is 779 g/mol. The lowest BCUT2D eigenvalue weighted by atomic mass is 9.72. The summed E-state index contributed by atoms with van der Waals surface area (Å²) < 4.78 is 37.7. The third kappa shape index (κ3) is 6.86. The largest absolute Gasteiger partial charge is 0.425 e. The third-order valence-electron chi connectivity index (χ3n) is 11.4. The normalized spacial score (nSPS) is 19.4. The molecule has 10 rings (SSSR count). The topological polar surface area (TPSA) is 46.2 Å². The van der Waals surface area contributed by atoms with Crippen molar-refractivity contribution in [2.45, 2.75) is 43.0 Å². The Bertz CT molecular complexity index is 2460. The van der Waals surface area contributed by atoms with Crippen LogP contribution in [0.3, 0.4) is 0 Å². The Labute approximate surface area is 354 Å². The summed E-state index contributed by atoms with van der Waals surface area (Å²) in [5, 5.41) is 5.50. The molecule has 0 unspecified atom stereocenters. The van der Waals surface area contributed by atoms with E-state index in [0.29, 0.717) is 0 Å². The fourth-order valence-corrected chi connectivity index (χ4v) is 12.9. The molecule has 0 N–H and O–H groups in total. The molecule has 0 spiro atoms. The second-order valence-electron chi connectivity index (χ2n) is 15.6. The minimum Gasteiger partial charge on any atom is -0.425 e. The first-order valence-corrected chi connectivity index (χ1v) is 22.8. The molecule has 2 aliphatic heterocycles. The highest BCUT2D eigenvalue weighted by molar-refractivity contribution is 7.80. The molecule has 296 valence electrons. The Balaban J connectivity index is 1.27. The monoisotopic (exact) mass is 822 g/mol. The maximum Gasteiger partial charge on any atom is 0.399 e. The van der Waals surface area contributed by atoms with E-state index in [4.69, 9.17) is 23.0 Å². The highest BCUT2D eigenvalue weighted by Crippen LogP contribution is 2.65. The second-order valence-corrected chi connectivity index (χ2v) is 18.7. The Morgan fingerprint density at radius 3 is 1.22 bits per heavy atom. The van der Waals surface area contributed by atoms with Gasteiger partial charge in [0.1, 0.15) is 18.0 Å². The van der Waals surface area contributed by atoms with E-state index < -0.39 is 45.7 Å². The molecule has 60 heavy (non-hydrogen) atoms. The predicted octanol–water partition coefficient (Wildman–Crippen LogP) is 11.7. The number of hydrogen-bond acceptors (Lipinski definition) is 5. The van der Waals surface area contributed by atoms with E-state index in [0.717, 1.165) is 44.1 Å². The van der Waals surface area contributed by atoms with Gasteiger partial charge in [0.05, 0.1) is 0 Å². The van der Waals surface area contributed by atoms with E-state index in [9.17, 15) is 0 Å². The van der Waals surface area contributed by atoms with Gasteiger partial charge in [-0.15, -0.1) is 0 Å². The lowest BCUT2D eigenvalue weighted by Crippen LogP contribution is -2.53. The van der Waals surface area contributed by atoms with E-state index in [-0.39, 0.29) is 0 Å². The SMILES string of the molecule is CC1(C)O[C@@H]2[C@@H](O1)C(c1ccccc1)(c1ccccc1)OP(Oc1c(P(c3ccccc3)c3ccccc3)ccc3ccccc13)OC2(c1ccccc1)c1ccccc1. The molecular formula is C53H44O5P2. The summed E-state index contributed by atoms with van der Waals surface area (Å²) in [4.78, 5) is 0. The van der Waals surface area contributed by atoms with Gasteiger partial charge in [-0.3, -0.25) is 9.05 Å². The van der Waals surface area contributed by atoms with Crippen LogP contribution in [0.25, 0.3) is 10.8 Å². The van der Waals surface area contributed by atoms with Gasteiger partial charge in [0.25, 0.3) is 0 Å². The minimum atomic E-state index is -2.30. The quantitative estimate of drug-likeness (QED) is 0.136. The van der Waals surface area contributed by atoms with E-state index in [1.165, 1.54) is 10.6 Å². The molecule has 2 fully saturated rings. The molecule has 8 aromatic carbocycles. The van der Waals surface area contributed by atoms with Gasteiger partial charge in [0.15, 0.2) is 17.0 Å². The predicted molar refractivity (Wildman–Crippen MR) is 244 cm³/mol. The van der Waals surface area contributed by atoms with Gasteiger partial charge in [0, 0.05) is 10.7 Å². The minimum absolute atomic E-state index is 0.716. The zero-order valence-electron chi connectivity index (χ0n) is 33.4. The molecule has 2 heterocycles. The Kier molecular flexibility index (Phi) is 10.4. The van der Waals surface area contributed by atoms with Crippen molar-refractivity contribution in [3.05, 3.63) is 241 Å². The van der Waals surface area contributed by atoms with Crippen LogP contribution in [-0.4, -0.2) is 18.0 Å². The van der Waals surface area contributed by atoms with Crippen molar-refractivity contribution in [2.75, 3.05) is 0 Å². The van der Waals surface area contributed by atoms with Crippen molar-refractivity contribution in [3.63, 3.8) is 0 Å². The molecule has 0 amide bonds. The van der Waals surface area contributed by atoms with Gasteiger partial charge in [-0.05, 0) is 66.1 Å². The van der Waals surface area contributed by atoms with Crippen molar-refractivity contribution in [3.8, 4) is 5.75 Å². The Morgan fingerprint density at radius 1 is 0.433 bits per heavy atom. The first-order chi connectivity index (χ1) is 29.5. The Hall–Kier alpha value is -5.48. The molecule has 0 saturated carbocycles. The number of fused-ring (bicyclic) bond motifs is 2. The van der Waals surface area contributed by atoms with E-state index in [1.807, 2.05) is 86.6 Å². The summed E-state index contributed by atoms with van der Waals surface area (Å²) in [6.45, 7) is 3.94. The molecule has 0 bridgehead atoms. The molecule has 2 saturated heterocycles. The molecule has 5 nitrogen and oxygen atoms in total. The summed E-state index contributed by atoms with van der Waals surface area (Å²) in [5.41, 5.74) is 1.09. The van der Waals surface area contributed by atoms with E-state index in [2.05, 4.69) is 146 Å². The molecule has 2 atom stereocenters. The summed E-state index contributed by atoms with van der Waals surface area (Å²) in [6, 6.07) is 75.6. The van der Waals surface area contributed by atoms with Crippen molar-refractivity contribution in [1.29, 1.82) is 0 Å². The highest BCUT2D eigenvalue weighted by Gasteiger charge is 2.67. The smallest absolute Gasteiger partial charge is 0.399 e. The molecule has 8 aromatic rings. The van der Waals surface area contributed by atoms with Gasteiger partial charge in [-0.2, -0.15) is 0 Å². The lowest BCUT2D eigenvalue weighted by molar-refractivity contribution is -0.175. The number of rotatable bonds is 9.